The van der Waals surface area contributed by atoms with Gasteiger partial charge >= 0.3 is 0 Å². The van der Waals surface area contributed by atoms with Gasteiger partial charge in [0, 0.05) is 37.9 Å². The Bertz CT molecular complexity index is 511. The minimum absolute atomic E-state index is 0.00183. The van der Waals surface area contributed by atoms with E-state index in [4.69, 9.17) is 4.74 Å². The first-order valence-electron chi connectivity index (χ1n) is 7.22. The zero-order chi connectivity index (χ0) is 13.4. The number of ether oxygens (including phenoxy) is 1. The van der Waals surface area contributed by atoms with Gasteiger partial charge in [-0.2, -0.15) is 0 Å². The zero-order valence-electron chi connectivity index (χ0n) is 11.8. The van der Waals surface area contributed by atoms with Gasteiger partial charge in [-0.3, -0.25) is 9.69 Å². The highest BCUT2D eigenvalue weighted by Crippen LogP contribution is 2.28. The van der Waals surface area contributed by atoms with Crippen molar-refractivity contribution in [2.24, 2.45) is 7.05 Å². The minimum atomic E-state index is 0.00183. The Labute approximate surface area is 114 Å². The van der Waals surface area contributed by atoms with Crippen LogP contribution in [0.2, 0.25) is 0 Å². The van der Waals surface area contributed by atoms with Crippen LogP contribution in [0.3, 0.4) is 0 Å². The molecule has 1 aliphatic heterocycles. The van der Waals surface area contributed by atoms with Gasteiger partial charge in [-0.05, 0) is 25.8 Å². The summed E-state index contributed by atoms with van der Waals surface area (Å²) < 4.78 is 7.54. The molecule has 1 aliphatic carbocycles. The van der Waals surface area contributed by atoms with Crippen molar-refractivity contribution in [1.29, 1.82) is 0 Å². The van der Waals surface area contributed by atoms with Crippen LogP contribution in [-0.4, -0.2) is 34.7 Å². The van der Waals surface area contributed by atoms with Crippen molar-refractivity contribution in [1.82, 2.24) is 9.47 Å². The molecule has 0 amide bonds. The number of hydrogen-bond acceptors (Lipinski definition) is 3. The molecule has 104 valence electrons. The van der Waals surface area contributed by atoms with Crippen LogP contribution in [0.15, 0.2) is 16.9 Å². The maximum atomic E-state index is 11.7. The predicted octanol–water partition coefficient (Wildman–Crippen LogP) is 1.70. The largest absolute Gasteiger partial charge is 0.487 e. The maximum Gasteiger partial charge on any atom is 0.254 e. The molecule has 1 saturated carbocycles. The molecular weight excluding hydrogens is 240 g/mol. The first kappa shape index (κ1) is 12.7. The van der Waals surface area contributed by atoms with Crippen molar-refractivity contribution in [3.05, 3.63) is 28.2 Å². The molecule has 4 nitrogen and oxygen atoms in total. The topological polar surface area (TPSA) is 34.5 Å². The molecule has 0 bridgehead atoms. The number of hydrogen-bond donors (Lipinski definition) is 0. The Kier molecular flexibility index (Phi) is 3.35. The molecule has 0 unspecified atom stereocenters. The van der Waals surface area contributed by atoms with Crippen LogP contribution in [0, 0.1) is 6.92 Å². The maximum absolute atomic E-state index is 11.7. The normalized spacial score (nSPS) is 21.6. The number of aryl methyl sites for hydroxylation is 1. The SMILES string of the molecule is Cc1cc(OC2CN(C3CCCC3)C2)cc(=O)n1C. The van der Waals surface area contributed by atoms with Gasteiger partial charge in [0.25, 0.3) is 5.56 Å². The van der Waals surface area contributed by atoms with E-state index in [9.17, 15) is 4.79 Å². The average molecular weight is 262 g/mol. The summed E-state index contributed by atoms with van der Waals surface area (Å²) in [5.41, 5.74) is 0.941. The van der Waals surface area contributed by atoms with E-state index in [0.717, 1.165) is 30.6 Å². The summed E-state index contributed by atoms with van der Waals surface area (Å²) in [7, 11) is 1.78. The van der Waals surface area contributed by atoms with Crippen LogP contribution in [0.1, 0.15) is 31.4 Å². The van der Waals surface area contributed by atoms with Crippen molar-refractivity contribution in [3.8, 4) is 5.75 Å². The molecule has 0 aromatic carbocycles. The number of nitrogens with zero attached hydrogens (tertiary/aromatic N) is 2. The Morgan fingerprint density at radius 3 is 2.53 bits per heavy atom. The van der Waals surface area contributed by atoms with Crippen molar-refractivity contribution < 1.29 is 4.74 Å². The molecule has 0 radical (unpaired) electrons. The van der Waals surface area contributed by atoms with Crippen LogP contribution < -0.4 is 10.3 Å². The van der Waals surface area contributed by atoms with Crippen LogP contribution >= 0.6 is 0 Å². The number of aromatic nitrogens is 1. The minimum Gasteiger partial charge on any atom is -0.487 e. The zero-order valence-corrected chi connectivity index (χ0v) is 11.8. The highest BCUT2D eigenvalue weighted by atomic mass is 16.5. The van der Waals surface area contributed by atoms with E-state index >= 15 is 0 Å². The fourth-order valence-corrected chi connectivity index (χ4v) is 3.11. The first-order chi connectivity index (χ1) is 9.13. The summed E-state index contributed by atoms with van der Waals surface area (Å²) in [6.07, 6.45) is 5.70. The lowest BCUT2D eigenvalue weighted by Gasteiger charge is -2.42. The molecule has 4 heteroatoms. The second kappa shape index (κ2) is 5.00. The highest BCUT2D eigenvalue weighted by Gasteiger charge is 2.34. The second-order valence-corrected chi connectivity index (χ2v) is 5.86. The quantitative estimate of drug-likeness (QED) is 0.831. The lowest BCUT2D eigenvalue weighted by atomic mass is 10.1. The fraction of sp³-hybridized carbons (Fsp3) is 0.667. The molecule has 1 aromatic rings. The molecule has 0 spiro atoms. The van der Waals surface area contributed by atoms with Gasteiger partial charge < -0.3 is 9.30 Å². The summed E-state index contributed by atoms with van der Waals surface area (Å²) >= 11 is 0. The molecular formula is C15H22N2O2. The molecule has 3 rings (SSSR count). The van der Waals surface area contributed by atoms with Crippen molar-refractivity contribution in [2.45, 2.75) is 44.8 Å². The summed E-state index contributed by atoms with van der Waals surface area (Å²) in [6.45, 7) is 3.96. The van der Waals surface area contributed by atoms with Gasteiger partial charge in [0.1, 0.15) is 11.9 Å². The van der Waals surface area contributed by atoms with E-state index in [-0.39, 0.29) is 11.7 Å². The number of rotatable bonds is 3. The Morgan fingerprint density at radius 1 is 1.21 bits per heavy atom. The monoisotopic (exact) mass is 262 g/mol. The van der Waals surface area contributed by atoms with Crippen molar-refractivity contribution >= 4 is 0 Å². The van der Waals surface area contributed by atoms with Crippen LogP contribution in [0.25, 0.3) is 0 Å². The van der Waals surface area contributed by atoms with Gasteiger partial charge in [-0.15, -0.1) is 0 Å². The summed E-state index contributed by atoms with van der Waals surface area (Å²) in [6, 6.07) is 4.32. The predicted molar refractivity (Wildman–Crippen MR) is 74.7 cm³/mol. The Balaban J connectivity index is 1.57. The standard InChI is InChI=1S/C15H22N2O2/c1-11-7-13(8-15(18)16(11)2)19-14-9-17(10-14)12-5-3-4-6-12/h7-8,12,14H,3-6,9-10H2,1-2H3. The van der Waals surface area contributed by atoms with E-state index < -0.39 is 0 Å². The molecule has 0 N–H and O–H groups in total. The molecule has 0 atom stereocenters. The van der Waals surface area contributed by atoms with E-state index in [2.05, 4.69) is 4.90 Å². The van der Waals surface area contributed by atoms with Crippen molar-refractivity contribution in [2.75, 3.05) is 13.1 Å². The number of likely N-dealkylation sites (tertiary alicyclic amines) is 1. The van der Waals surface area contributed by atoms with E-state index in [1.54, 1.807) is 17.7 Å². The van der Waals surface area contributed by atoms with E-state index in [1.165, 1.54) is 25.7 Å². The summed E-state index contributed by atoms with van der Waals surface area (Å²) in [4.78, 5) is 14.2. The lowest BCUT2D eigenvalue weighted by molar-refractivity contribution is -0.00751. The second-order valence-electron chi connectivity index (χ2n) is 5.86. The number of pyridine rings is 1. The first-order valence-corrected chi connectivity index (χ1v) is 7.22. The van der Waals surface area contributed by atoms with Crippen LogP contribution in [-0.2, 0) is 7.05 Å². The van der Waals surface area contributed by atoms with Crippen molar-refractivity contribution in [3.63, 3.8) is 0 Å². The molecule has 2 heterocycles. The van der Waals surface area contributed by atoms with Gasteiger partial charge in [0.05, 0.1) is 0 Å². The summed E-state index contributed by atoms with van der Waals surface area (Å²) in [5.74, 6) is 0.719. The smallest absolute Gasteiger partial charge is 0.254 e. The highest BCUT2D eigenvalue weighted by molar-refractivity contribution is 5.23. The van der Waals surface area contributed by atoms with Crippen LogP contribution in [0.5, 0.6) is 5.75 Å². The Morgan fingerprint density at radius 2 is 1.89 bits per heavy atom. The third-order valence-corrected chi connectivity index (χ3v) is 4.50. The lowest BCUT2D eigenvalue weighted by Crippen LogP contribution is -2.57. The molecule has 2 fully saturated rings. The molecule has 19 heavy (non-hydrogen) atoms. The van der Waals surface area contributed by atoms with Gasteiger partial charge in [-0.25, -0.2) is 0 Å². The van der Waals surface area contributed by atoms with Gasteiger partial charge in [0.2, 0.25) is 0 Å². The van der Waals surface area contributed by atoms with E-state index in [1.807, 2.05) is 13.0 Å². The molecule has 1 saturated heterocycles. The van der Waals surface area contributed by atoms with Gasteiger partial charge in [-0.1, -0.05) is 12.8 Å². The van der Waals surface area contributed by atoms with E-state index in [0.29, 0.717) is 0 Å². The summed E-state index contributed by atoms with van der Waals surface area (Å²) in [5, 5.41) is 0. The fourth-order valence-electron chi connectivity index (χ4n) is 3.11. The third-order valence-electron chi connectivity index (χ3n) is 4.50. The van der Waals surface area contributed by atoms with Gasteiger partial charge in [0.15, 0.2) is 0 Å². The third kappa shape index (κ3) is 2.54. The van der Waals surface area contributed by atoms with Crippen LogP contribution in [0.4, 0.5) is 0 Å². The Hall–Kier alpha value is -1.29. The molecule has 1 aromatic heterocycles. The average Bonchev–Trinajstić information content (AvgIpc) is 2.83. The molecule has 2 aliphatic rings.